The molecule has 0 N–H and O–H groups in total. The average molecular weight is 215 g/mol. The summed E-state index contributed by atoms with van der Waals surface area (Å²) >= 11 is 0. The molecule has 0 amide bonds. The quantitative estimate of drug-likeness (QED) is 0.721. The minimum Gasteiger partial charge on any atom is -0.298 e. The maximum absolute atomic E-state index is 13.5. The minimum atomic E-state index is -0.381. The van der Waals surface area contributed by atoms with Crippen molar-refractivity contribution >= 4 is 6.29 Å². The third-order valence-electron chi connectivity index (χ3n) is 2.46. The van der Waals surface area contributed by atoms with Gasteiger partial charge in [0, 0.05) is 17.3 Å². The van der Waals surface area contributed by atoms with E-state index in [4.69, 9.17) is 0 Å². The summed E-state index contributed by atoms with van der Waals surface area (Å²) in [6.45, 7) is 1.88. The SMILES string of the molecule is Cc1ccc(C=O)cc1-c1ccncc1F. The summed E-state index contributed by atoms with van der Waals surface area (Å²) in [6.07, 6.45) is 3.45. The zero-order valence-corrected chi connectivity index (χ0v) is 8.77. The molecule has 1 aromatic carbocycles. The van der Waals surface area contributed by atoms with E-state index in [0.717, 1.165) is 17.4 Å². The molecule has 0 fully saturated rings. The number of halogens is 1. The highest BCUT2D eigenvalue weighted by atomic mass is 19.1. The standard InChI is InChI=1S/C13H10FNO/c1-9-2-3-10(8-16)6-12(9)11-4-5-15-7-13(11)14/h2-8H,1H3. The molecule has 1 heterocycles. The van der Waals surface area contributed by atoms with E-state index in [1.54, 1.807) is 24.3 Å². The van der Waals surface area contributed by atoms with Gasteiger partial charge in [0.25, 0.3) is 0 Å². The first-order chi connectivity index (χ1) is 7.72. The Balaban J connectivity index is 2.63. The molecular formula is C13H10FNO. The molecule has 80 valence electrons. The van der Waals surface area contributed by atoms with Crippen LogP contribution >= 0.6 is 0 Å². The molecule has 0 unspecified atom stereocenters. The first-order valence-corrected chi connectivity index (χ1v) is 4.88. The molecule has 16 heavy (non-hydrogen) atoms. The Hall–Kier alpha value is -2.03. The average Bonchev–Trinajstić information content (AvgIpc) is 2.31. The number of aryl methyl sites for hydroxylation is 1. The zero-order valence-electron chi connectivity index (χ0n) is 8.77. The van der Waals surface area contributed by atoms with Gasteiger partial charge in [-0.25, -0.2) is 4.39 Å². The second kappa shape index (κ2) is 4.23. The lowest BCUT2D eigenvalue weighted by Gasteiger charge is -2.07. The third kappa shape index (κ3) is 1.84. The van der Waals surface area contributed by atoms with Gasteiger partial charge in [-0.05, 0) is 30.2 Å². The number of hydrogen-bond donors (Lipinski definition) is 0. The number of carbonyl (C=O) groups excluding carboxylic acids is 1. The van der Waals surface area contributed by atoms with Crippen molar-refractivity contribution in [2.45, 2.75) is 6.92 Å². The van der Waals surface area contributed by atoms with E-state index in [2.05, 4.69) is 4.98 Å². The fraction of sp³-hybridized carbons (Fsp3) is 0.0769. The predicted octanol–water partition coefficient (Wildman–Crippen LogP) is 3.01. The number of rotatable bonds is 2. The van der Waals surface area contributed by atoms with Crippen LogP contribution in [-0.2, 0) is 0 Å². The Morgan fingerprint density at radius 2 is 2.06 bits per heavy atom. The smallest absolute Gasteiger partial charge is 0.150 e. The van der Waals surface area contributed by atoms with Gasteiger partial charge < -0.3 is 0 Å². The van der Waals surface area contributed by atoms with Crippen LogP contribution in [0.5, 0.6) is 0 Å². The summed E-state index contributed by atoms with van der Waals surface area (Å²) in [5.74, 6) is -0.381. The van der Waals surface area contributed by atoms with Crippen LogP contribution in [0.4, 0.5) is 4.39 Å². The lowest BCUT2D eigenvalue weighted by Crippen LogP contribution is -1.91. The molecule has 0 spiro atoms. The van der Waals surface area contributed by atoms with E-state index in [1.807, 2.05) is 6.92 Å². The van der Waals surface area contributed by atoms with E-state index in [0.29, 0.717) is 11.1 Å². The van der Waals surface area contributed by atoms with Gasteiger partial charge >= 0.3 is 0 Å². The van der Waals surface area contributed by atoms with Crippen LogP contribution in [0, 0.1) is 12.7 Å². The van der Waals surface area contributed by atoms with Gasteiger partial charge in [-0.2, -0.15) is 0 Å². The molecule has 0 radical (unpaired) electrons. The maximum Gasteiger partial charge on any atom is 0.150 e. The molecule has 0 saturated carbocycles. The highest BCUT2D eigenvalue weighted by Gasteiger charge is 2.07. The van der Waals surface area contributed by atoms with Crippen LogP contribution in [0.1, 0.15) is 15.9 Å². The summed E-state index contributed by atoms with van der Waals surface area (Å²) in [7, 11) is 0. The fourth-order valence-electron chi connectivity index (χ4n) is 1.60. The first-order valence-electron chi connectivity index (χ1n) is 4.88. The molecule has 1 aromatic heterocycles. The molecule has 2 nitrogen and oxygen atoms in total. The van der Waals surface area contributed by atoms with E-state index >= 15 is 0 Å². The topological polar surface area (TPSA) is 30.0 Å². The molecular weight excluding hydrogens is 205 g/mol. The van der Waals surface area contributed by atoms with E-state index in [9.17, 15) is 9.18 Å². The number of benzene rings is 1. The lowest BCUT2D eigenvalue weighted by atomic mass is 9.99. The van der Waals surface area contributed by atoms with Gasteiger partial charge in [0.2, 0.25) is 0 Å². The molecule has 0 aliphatic carbocycles. The van der Waals surface area contributed by atoms with E-state index in [1.165, 1.54) is 12.4 Å². The third-order valence-corrected chi connectivity index (χ3v) is 2.46. The van der Waals surface area contributed by atoms with Crippen molar-refractivity contribution in [1.29, 1.82) is 0 Å². The molecule has 2 aromatic rings. The minimum absolute atomic E-state index is 0.381. The summed E-state index contributed by atoms with van der Waals surface area (Å²) in [5.41, 5.74) is 2.66. The predicted molar refractivity (Wildman–Crippen MR) is 59.8 cm³/mol. The molecule has 0 saturated heterocycles. The van der Waals surface area contributed by atoms with Crippen LogP contribution in [0.3, 0.4) is 0 Å². The monoisotopic (exact) mass is 215 g/mol. The van der Waals surface area contributed by atoms with Crippen LogP contribution in [0.15, 0.2) is 36.7 Å². The fourth-order valence-corrected chi connectivity index (χ4v) is 1.60. The Morgan fingerprint density at radius 1 is 1.25 bits per heavy atom. The molecule has 0 aliphatic rings. The summed E-state index contributed by atoms with van der Waals surface area (Å²) in [5, 5.41) is 0. The lowest BCUT2D eigenvalue weighted by molar-refractivity contribution is 0.112. The second-order valence-corrected chi connectivity index (χ2v) is 3.55. The van der Waals surface area contributed by atoms with Crippen LogP contribution < -0.4 is 0 Å². The zero-order chi connectivity index (χ0) is 11.5. The van der Waals surface area contributed by atoms with Crippen LogP contribution in [-0.4, -0.2) is 11.3 Å². The highest BCUT2D eigenvalue weighted by molar-refractivity contribution is 5.80. The van der Waals surface area contributed by atoms with Crippen LogP contribution in [0.2, 0.25) is 0 Å². The molecule has 0 bridgehead atoms. The number of carbonyl (C=O) groups is 1. The maximum atomic E-state index is 13.5. The Kier molecular flexibility index (Phi) is 2.77. The Bertz CT molecular complexity index is 537. The van der Waals surface area contributed by atoms with Crippen molar-refractivity contribution in [3.8, 4) is 11.1 Å². The van der Waals surface area contributed by atoms with Crippen molar-refractivity contribution in [1.82, 2.24) is 4.98 Å². The normalized spacial score (nSPS) is 10.1. The van der Waals surface area contributed by atoms with Gasteiger partial charge in [0.15, 0.2) is 0 Å². The Labute approximate surface area is 92.8 Å². The van der Waals surface area contributed by atoms with Crippen molar-refractivity contribution in [2.75, 3.05) is 0 Å². The van der Waals surface area contributed by atoms with Crippen molar-refractivity contribution < 1.29 is 9.18 Å². The largest absolute Gasteiger partial charge is 0.298 e. The number of pyridine rings is 1. The highest BCUT2D eigenvalue weighted by Crippen LogP contribution is 2.25. The number of aromatic nitrogens is 1. The summed E-state index contributed by atoms with van der Waals surface area (Å²) in [6, 6.07) is 6.80. The molecule has 3 heteroatoms. The summed E-state index contributed by atoms with van der Waals surface area (Å²) in [4.78, 5) is 14.4. The summed E-state index contributed by atoms with van der Waals surface area (Å²) < 4.78 is 13.5. The van der Waals surface area contributed by atoms with Gasteiger partial charge in [-0.3, -0.25) is 9.78 Å². The van der Waals surface area contributed by atoms with Crippen molar-refractivity contribution in [3.63, 3.8) is 0 Å². The van der Waals surface area contributed by atoms with Crippen LogP contribution in [0.25, 0.3) is 11.1 Å². The number of aldehydes is 1. The molecule has 2 rings (SSSR count). The van der Waals surface area contributed by atoms with E-state index < -0.39 is 0 Å². The Morgan fingerprint density at radius 3 is 2.75 bits per heavy atom. The van der Waals surface area contributed by atoms with Gasteiger partial charge in [0.05, 0.1) is 6.20 Å². The van der Waals surface area contributed by atoms with Crippen molar-refractivity contribution in [2.24, 2.45) is 0 Å². The molecule has 0 atom stereocenters. The number of nitrogens with zero attached hydrogens (tertiary/aromatic N) is 1. The van der Waals surface area contributed by atoms with Gasteiger partial charge in [-0.15, -0.1) is 0 Å². The second-order valence-electron chi connectivity index (χ2n) is 3.55. The number of hydrogen-bond acceptors (Lipinski definition) is 2. The molecule has 0 aliphatic heterocycles. The first kappa shape index (κ1) is 10.5. The van der Waals surface area contributed by atoms with Crippen molar-refractivity contribution in [3.05, 3.63) is 53.6 Å². The van der Waals surface area contributed by atoms with Gasteiger partial charge in [-0.1, -0.05) is 12.1 Å². The van der Waals surface area contributed by atoms with E-state index in [-0.39, 0.29) is 5.82 Å². The van der Waals surface area contributed by atoms with Gasteiger partial charge in [0.1, 0.15) is 12.1 Å².